The molecule has 1 aromatic rings. The van der Waals surface area contributed by atoms with Crippen molar-refractivity contribution in [1.29, 1.82) is 0 Å². The highest BCUT2D eigenvalue weighted by Crippen LogP contribution is 2.22. The van der Waals surface area contributed by atoms with Gasteiger partial charge in [0.2, 0.25) is 0 Å². The molecule has 0 saturated carbocycles. The number of nitrogens with zero attached hydrogens (tertiary/aromatic N) is 2. The van der Waals surface area contributed by atoms with Gasteiger partial charge in [0, 0.05) is 25.8 Å². The lowest BCUT2D eigenvalue weighted by molar-refractivity contribution is 0.607. The van der Waals surface area contributed by atoms with Crippen LogP contribution in [-0.4, -0.2) is 24.6 Å². The average Bonchev–Trinajstić information content (AvgIpc) is 2.17. The molecule has 0 spiro atoms. The van der Waals surface area contributed by atoms with Gasteiger partial charge in [0.25, 0.3) is 0 Å². The Hall–Kier alpha value is -0.800. The van der Waals surface area contributed by atoms with Crippen LogP contribution in [0, 0.1) is 5.92 Å². The second-order valence-corrected chi connectivity index (χ2v) is 4.34. The molecular formula is C11H18ClN3. The first kappa shape index (κ1) is 12.3. The van der Waals surface area contributed by atoms with Gasteiger partial charge in [-0.15, -0.1) is 0 Å². The maximum Gasteiger partial charge on any atom is 0.147 e. The van der Waals surface area contributed by atoms with Gasteiger partial charge in [0.1, 0.15) is 5.82 Å². The van der Waals surface area contributed by atoms with Crippen molar-refractivity contribution >= 4 is 17.4 Å². The number of pyridine rings is 1. The van der Waals surface area contributed by atoms with Crippen LogP contribution in [-0.2, 0) is 0 Å². The molecule has 4 heteroatoms. The minimum Gasteiger partial charge on any atom is -0.354 e. The van der Waals surface area contributed by atoms with Crippen LogP contribution < -0.4 is 10.6 Å². The highest BCUT2D eigenvalue weighted by molar-refractivity contribution is 6.32. The Bertz CT molecular complexity index is 302. The van der Waals surface area contributed by atoms with Crippen molar-refractivity contribution in [2.75, 3.05) is 24.5 Å². The Balaban J connectivity index is 2.83. The second-order valence-electron chi connectivity index (χ2n) is 3.94. The van der Waals surface area contributed by atoms with Crippen LogP contribution in [0.15, 0.2) is 18.3 Å². The number of halogens is 1. The number of rotatable bonds is 5. The molecule has 84 valence electrons. The molecule has 15 heavy (non-hydrogen) atoms. The summed E-state index contributed by atoms with van der Waals surface area (Å²) in [4.78, 5) is 6.42. The molecule has 0 aliphatic carbocycles. The lowest BCUT2D eigenvalue weighted by atomic mass is 10.2. The van der Waals surface area contributed by atoms with Crippen molar-refractivity contribution in [3.63, 3.8) is 0 Å². The van der Waals surface area contributed by atoms with Gasteiger partial charge in [-0.1, -0.05) is 25.4 Å². The van der Waals surface area contributed by atoms with E-state index in [1.807, 2.05) is 12.1 Å². The summed E-state index contributed by atoms with van der Waals surface area (Å²) >= 11 is 6.09. The van der Waals surface area contributed by atoms with Crippen LogP contribution >= 0.6 is 11.6 Å². The average molecular weight is 228 g/mol. The maximum atomic E-state index is 6.09. The van der Waals surface area contributed by atoms with Crippen molar-refractivity contribution in [2.24, 2.45) is 11.7 Å². The monoisotopic (exact) mass is 227 g/mol. The zero-order chi connectivity index (χ0) is 11.3. The minimum absolute atomic E-state index is 0.564. The van der Waals surface area contributed by atoms with E-state index in [-0.39, 0.29) is 0 Å². The van der Waals surface area contributed by atoms with Gasteiger partial charge in [0.15, 0.2) is 0 Å². The molecule has 0 aromatic carbocycles. The minimum atomic E-state index is 0.564. The second kappa shape index (κ2) is 5.93. The molecule has 0 saturated heterocycles. The standard InChI is InChI=1S/C11H18ClN3/c1-9(2)8-15(7-5-13)11-10(12)4-3-6-14-11/h3-4,6,9H,5,7-8,13H2,1-2H3. The molecule has 0 aliphatic rings. The summed E-state index contributed by atoms with van der Waals surface area (Å²) in [5.74, 6) is 1.40. The number of aromatic nitrogens is 1. The van der Waals surface area contributed by atoms with Gasteiger partial charge in [0.05, 0.1) is 5.02 Å². The van der Waals surface area contributed by atoms with Gasteiger partial charge < -0.3 is 10.6 Å². The molecule has 0 bridgehead atoms. The lowest BCUT2D eigenvalue weighted by Crippen LogP contribution is -2.33. The van der Waals surface area contributed by atoms with E-state index in [0.29, 0.717) is 17.5 Å². The highest BCUT2D eigenvalue weighted by Gasteiger charge is 2.11. The first-order valence-corrected chi connectivity index (χ1v) is 5.58. The molecule has 3 nitrogen and oxygen atoms in total. The molecule has 0 atom stereocenters. The molecule has 1 heterocycles. The molecule has 1 rings (SSSR count). The number of nitrogens with two attached hydrogens (primary N) is 1. The topological polar surface area (TPSA) is 42.1 Å². The molecule has 0 aliphatic heterocycles. The van der Waals surface area contributed by atoms with E-state index in [4.69, 9.17) is 17.3 Å². The smallest absolute Gasteiger partial charge is 0.147 e. The molecule has 0 radical (unpaired) electrons. The third-order valence-corrected chi connectivity index (χ3v) is 2.32. The Morgan fingerprint density at radius 2 is 2.27 bits per heavy atom. The van der Waals surface area contributed by atoms with Crippen molar-refractivity contribution in [1.82, 2.24) is 4.98 Å². The van der Waals surface area contributed by atoms with Crippen LogP contribution in [0.2, 0.25) is 5.02 Å². The van der Waals surface area contributed by atoms with E-state index in [0.717, 1.165) is 18.9 Å². The zero-order valence-electron chi connectivity index (χ0n) is 9.28. The van der Waals surface area contributed by atoms with Crippen molar-refractivity contribution in [2.45, 2.75) is 13.8 Å². The van der Waals surface area contributed by atoms with Crippen molar-refractivity contribution < 1.29 is 0 Å². The van der Waals surface area contributed by atoms with E-state index in [2.05, 4.69) is 23.7 Å². The van der Waals surface area contributed by atoms with Crippen LogP contribution in [0.3, 0.4) is 0 Å². The van der Waals surface area contributed by atoms with Gasteiger partial charge >= 0.3 is 0 Å². The maximum absolute atomic E-state index is 6.09. The highest BCUT2D eigenvalue weighted by atomic mass is 35.5. The van der Waals surface area contributed by atoms with Crippen LogP contribution in [0.5, 0.6) is 0 Å². The van der Waals surface area contributed by atoms with E-state index < -0.39 is 0 Å². The first-order chi connectivity index (χ1) is 7.15. The van der Waals surface area contributed by atoms with Gasteiger partial charge in [-0.3, -0.25) is 0 Å². The fourth-order valence-corrected chi connectivity index (χ4v) is 1.73. The summed E-state index contributed by atoms with van der Waals surface area (Å²) < 4.78 is 0. The van der Waals surface area contributed by atoms with Crippen LogP contribution in [0.4, 0.5) is 5.82 Å². The number of hydrogen-bond donors (Lipinski definition) is 1. The predicted octanol–water partition coefficient (Wildman–Crippen LogP) is 2.16. The third-order valence-electron chi connectivity index (χ3n) is 2.02. The van der Waals surface area contributed by atoms with E-state index in [9.17, 15) is 0 Å². The number of hydrogen-bond acceptors (Lipinski definition) is 3. The predicted molar refractivity (Wildman–Crippen MR) is 65.4 cm³/mol. The molecule has 1 aromatic heterocycles. The summed E-state index contributed by atoms with van der Waals surface area (Å²) in [6.45, 7) is 6.66. The normalized spacial score (nSPS) is 10.7. The SMILES string of the molecule is CC(C)CN(CCN)c1ncccc1Cl. The largest absolute Gasteiger partial charge is 0.354 e. The van der Waals surface area contributed by atoms with Crippen molar-refractivity contribution in [3.8, 4) is 0 Å². The Labute approximate surface area is 96.2 Å². The van der Waals surface area contributed by atoms with Gasteiger partial charge in [-0.05, 0) is 18.1 Å². The van der Waals surface area contributed by atoms with Gasteiger partial charge in [-0.2, -0.15) is 0 Å². The van der Waals surface area contributed by atoms with E-state index in [1.165, 1.54) is 0 Å². The molecular weight excluding hydrogens is 210 g/mol. The Kier molecular flexibility index (Phi) is 4.85. The van der Waals surface area contributed by atoms with Crippen molar-refractivity contribution in [3.05, 3.63) is 23.4 Å². The molecule has 0 fully saturated rings. The summed E-state index contributed by atoms with van der Waals surface area (Å²) in [7, 11) is 0. The fourth-order valence-electron chi connectivity index (χ4n) is 1.49. The summed E-state index contributed by atoms with van der Waals surface area (Å²) in [5, 5.41) is 0.687. The van der Waals surface area contributed by atoms with Crippen LogP contribution in [0.25, 0.3) is 0 Å². The Morgan fingerprint density at radius 3 is 2.80 bits per heavy atom. The Morgan fingerprint density at radius 1 is 1.53 bits per heavy atom. The fraction of sp³-hybridized carbons (Fsp3) is 0.545. The lowest BCUT2D eigenvalue weighted by Gasteiger charge is -2.25. The third kappa shape index (κ3) is 3.68. The van der Waals surface area contributed by atoms with E-state index >= 15 is 0 Å². The molecule has 0 amide bonds. The zero-order valence-corrected chi connectivity index (χ0v) is 10.0. The van der Waals surface area contributed by atoms with Gasteiger partial charge in [-0.25, -0.2) is 4.98 Å². The number of anilines is 1. The summed E-state index contributed by atoms with van der Waals surface area (Å²) in [6, 6.07) is 3.69. The molecule has 0 unspecified atom stereocenters. The summed E-state index contributed by atoms with van der Waals surface area (Å²) in [5.41, 5.74) is 5.58. The van der Waals surface area contributed by atoms with Crippen LogP contribution in [0.1, 0.15) is 13.8 Å². The summed E-state index contributed by atoms with van der Waals surface area (Å²) in [6.07, 6.45) is 1.76. The first-order valence-electron chi connectivity index (χ1n) is 5.20. The quantitative estimate of drug-likeness (QED) is 0.838. The van der Waals surface area contributed by atoms with E-state index in [1.54, 1.807) is 6.20 Å². The molecule has 2 N–H and O–H groups in total.